The van der Waals surface area contributed by atoms with Crippen molar-refractivity contribution in [3.63, 3.8) is 0 Å². The summed E-state index contributed by atoms with van der Waals surface area (Å²) in [4.78, 5) is 28.0. The predicted molar refractivity (Wildman–Crippen MR) is 190 cm³/mol. The first-order chi connectivity index (χ1) is 22.4. The van der Waals surface area contributed by atoms with Gasteiger partial charge in [-0.2, -0.15) is 0 Å². The van der Waals surface area contributed by atoms with Crippen LogP contribution in [-0.2, 0) is 18.7 Å². The maximum absolute atomic E-state index is 14.3. The minimum Gasteiger partial charge on any atom is -0.451 e. The van der Waals surface area contributed by atoms with Crippen LogP contribution in [0.3, 0.4) is 0 Å². The van der Waals surface area contributed by atoms with Crippen LogP contribution < -0.4 is 5.32 Å². The summed E-state index contributed by atoms with van der Waals surface area (Å²) in [6.45, 7) is 14.9. The van der Waals surface area contributed by atoms with E-state index in [0.29, 0.717) is 0 Å². The molecule has 0 saturated carbocycles. The molecule has 0 aromatic heterocycles. The van der Waals surface area contributed by atoms with Crippen molar-refractivity contribution in [2.75, 3.05) is 6.61 Å². The first kappa shape index (κ1) is 34.1. The third-order valence-corrected chi connectivity index (χ3v) is 14.0. The SMILES string of the molecule is CC(C)[C@H](O[Si](C)(C)C(C)(C)C)[C@H](NC(=O)OCC1c2ccccc2-c2ccccc21)C(=O)OC(c1ccccc1)c1ccccc1. The minimum atomic E-state index is -2.38. The number of benzene rings is 4. The Morgan fingerprint density at radius 3 is 1.68 bits per heavy atom. The molecule has 6 nitrogen and oxygen atoms in total. The molecule has 4 aromatic carbocycles. The van der Waals surface area contributed by atoms with Crippen LogP contribution in [0, 0.1) is 5.92 Å². The fraction of sp³-hybridized carbons (Fsp3) is 0.350. The lowest BCUT2D eigenvalue weighted by molar-refractivity contribution is -0.153. The van der Waals surface area contributed by atoms with Crippen molar-refractivity contribution < 1.29 is 23.5 Å². The quantitative estimate of drug-likeness (QED) is 0.130. The summed E-state index contributed by atoms with van der Waals surface area (Å²) in [5.74, 6) is -0.792. The summed E-state index contributed by atoms with van der Waals surface area (Å²) in [5.41, 5.74) is 6.19. The van der Waals surface area contributed by atoms with Crippen molar-refractivity contribution >= 4 is 20.4 Å². The molecule has 0 spiro atoms. The van der Waals surface area contributed by atoms with Crippen molar-refractivity contribution in [1.29, 1.82) is 0 Å². The summed E-state index contributed by atoms with van der Waals surface area (Å²) in [6, 6.07) is 34.6. The molecule has 1 N–H and O–H groups in total. The lowest BCUT2D eigenvalue weighted by Gasteiger charge is -2.42. The van der Waals surface area contributed by atoms with Gasteiger partial charge in [-0.15, -0.1) is 0 Å². The Bertz CT molecular complexity index is 1580. The van der Waals surface area contributed by atoms with Crippen molar-refractivity contribution in [3.05, 3.63) is 131 Å². The molecular weight excluding hydrogens is 603 g/mol. The van der Waals surface area contributed by atoms with E-state index in [0.717, 1.165) is 33.4 Å². The molecule has 1 aliphatic rings. The largest absolute Gasteiger partial charge is 0.451 e. The first-order valence-corrected chi connectivity index (χ1v) is 19.4. The Balaban J connectivity index is 1.43. The number of hydrogen-bond donors (Lipinski definition) is 1. The highest BCUT2D eigenvalue weighted by molar-refractivity contribution is 6.74. The molecule has 0 radical (unpaired) electrons. The topological polar surface area (TPSA) is 73.9 Å². The number of esters is 1. The number of carbonyl (C=O) groups excluding carboxylic acids is 2. The zero-order chi connectivity index (χ0) is 33.8. The van der Waals surface area contributed by atoms with E-state index >= 15 is 0 Å². The molecule has 0 unspecified atom stereocenters. The summed E-state index contributed by atoms with van der Waals surface area (Å²) in [7, 11) is -2.38. The molecule has 0 saturated heterocycles. The second-order valence-electron chi connectivity index (χ2n) is 14.2. The van der Waals surface area contributed by atoms with E-state index in [9.17, 15) is 9.59 Å². The Hall–Kier alpha value is -4.20. The van der Waals surface area contributed by atoms with Crippen LogP contribution in [0.25, 0.3) is 11.1 Å². The van der Waals surface area contributed by atoms with Crippen molar-refractivity contribution in [2.24, 2.45) is 5.92 Å². The molecule has 5 rings (SSSR count). The second-order valence-corrected chi connectivity index (χ2v) is 18.9. The van der Waals surface area contributed by atoms with Gasteiger partial charge in [0.2, 0.25) is 0 Å². The van der Waals surface area contributed by atoms with Gasteiger partial charge < -0.3 is 19.2 Å². The smallest absolute Gasteiger partial charge is 0.407 e. The third-order valence-electron chi connectivity index (χ3n) is 9.53. The number of amides is 1. The van der Waals surface area contributed by atoms with Crippen LogP contribution in [-0.4, -0.2) is 39.1 Å². The molecule has 0 aliphatic heterocycles. The van der Waals surface area contributed by atoms with Crippen LogP contribution in [0.5, 0.6) is 0 Å². The Labute approximate surface area is 280 Å². The van der Waals surface area contributed by atoms with Crippen LogP contribution in [0.2, 0.25) is 18.1 Å². The summed E-state index contributed by atoms with van der Waals surface area (Å²) in [5, 5.41) is 2.80. The van der Waals surface area contributed by atoms with E-state index < -0.39 is 38.6 Å². The highest BCUT2D eigenvalue weighted by Gasteiger charge is 2.45. The van der Waals surface area contributed by atoms with Gasteiger partial charge in [0.1, 0.15) is 6.61 Å². The fourth-order valence-electron chi connectivity index (χ4n) is 5.92. The van der Waals surface area contributed by atoms with Gasteiger partial charge in [0.05, 0.1) is 6.10 Å². The molecular formula is C40H47NO5Si. The van der Waals surface area contributed by atoms with E-state index in [1.165, 1.54) is 0 Å². The third kappa shape index (κ3) is 7.69. The van der Waals surface area contributed by atoms with Gasteiger partial charge >= 0.3 is 12.1 Å². The molecule has 0 bridgehead atoms. The van der Waals surface area contributed by atoms with Gasteiger partial charge in [-0.1, -0.05) is 144 Å². The summed E-state index contributed by atoms with van der Waals surface area (Å²) in [6.07, 6.45) is -2.00. The number of nitrogens with one attached hydrogen (secondary N) is 1. The van der Waals surface area contributed by atoms with E-state index in [-0.39, 0.29) is 23.5 Å². The maximum Gasteiger partial charge on any atom is 0.407 e. The molecule has 1 aliphatic carbocycles. The van der Waals surface area contributed by atoms with Crippen LogP contribution in [0.15, 0.2) is 109 Å². The normalized spacial score (nSPS) is 14.3. The number of ether oxygens (including phenoxy) is 2. The van der Waals surface area contributed by atoms with Gasteiger partial charge in [0.25, 0.3) is 0 Å². The van der Waals surface area contributed by atoms with Crippen molar-refractivity contribution in [2.45, 2.75) is 76.9 Å². The van der Waals surface area contributed by atoms with Crippen LogP contribution >= 0.6 is 0 Å². The standard InChI is InChI=1S/C40H47NO5Si/c1-27(2)36(46-47(6,7)40(3,4)5)35(38(42)45-37(28-18-10-8-11-19-28)29-20-12-9-13-21-29)41-39(43)44-26-34-32-24-16-14-22-30(32)31-23-15-17-25-33(31)34/h8-25,27,34-37H,26H2,1-7H3,(H,41,43)/t35-,36-/m0/s1. The van der Waals surface area contributed by atoms with Gasteiger partial charge in [0.15, 0.2) is 20.5 Å². The molecule has 0 fully saturated rings. The molecule has 0 heterocycles. The Morgan fingerprint density at radius 2 is 1.21 bits per heavy atom. The molecule has 47 heavy (non-hydrogen) atoms. The monoisotopic (exact) mass is 649 g/mol. The number of carbonyl (C=O) groups is 2. The number of fused-ring (bicyclic) bond motifs is 3. The maximum atomic E-state index is 14.3. The molecule has 1 amide bonds. The molecule has 246 valence electrons. The first-order valence-electron chi connectivity index (χ1n) is 16.5. The molecule has 2 atom stereocenters. The van der Waals surface area contributed by atoms with Gasteiger partial charge in [-0.05, 0) is 57.4 Å². The zero-order valence-electron chi connectivity index (χ0n) is 28.5. The van der Waals surface area contributed by atoms with Crippen LogP contribution in [0.1, 0.15) is 68.9 Å². The number of alkyl carbamates (subject to hydrolysis) is 1. The highest BCUT2D eigenvalue weighted by atomic mass is 28.4. The lowest BCUT2D eigenvalue weighted by Crippen LogP contribution is -2.57. The van der Waals surface area contributed by atoms with Crippen molar-refractivity contribution in [1.82, 2.24) is 5.32 Å². The predicted octanol–water partition coefficient (Wildman–Crippen LogP) is 9.27. The van der Waals surface area contributed by atoms with Gasteiger partial charge in [-0.3, -0.25) is 0 Å². The minimum absolute atomic E-state index is 0.108. The molecule has 7 heteroatoms. The Kier molecular flexibility index (Phi) is 10.4. The highest BCUT2D eigenvalue weighted by Crippen LogP contribution is 2.44. The average Bonchev–Trinajstić information content (AvgIpc) is 3.37. The number of hydrogen-bond acceptors (Lipinski definition) is 5. The summed E-state index contributed by atoms with van der Waals surface area (Å²) >= 11 is 0. The zero-order valence-corrected chi connectivity index (χ0v) is 29.5. The lowest BCUT2D eigenvalue weighted by atomic mass is 9.98. The van der Waals surface area contributed by atoms with E-state index in [2.05, 4.69) is 63.4 Å². The number of rotatable bonds is 11. The molecule has 4 aromatic rings. The summed E-state index contributed by atoms with van der Waals surface area (Å²) < 4.78 is 19.1. The second kappa shape index (κ2) is 14.3. The average molecular weight is 650 g/mol. The van der Waals surface area contributed by atoms with E-state index in [1.807, 2.05) is 98.8 Å². The van der Waals surface area contributed by atoms with Gasteiger partial charge in [-0.25, -0.2) is 9.59 Å². The van der Waals surface area contributed by atoms with Gasteiger partial charge in [0, 0.05) is 5.92 Å². The van der Waals surface area contributed by atoms with E-state index in [4.69, 9.17) is 13.9 Å². The fourth-order valence-corrected chi connectivity index (χ4v) is 7.36. The van der Waals surface area contributed by atoms with E-state index in [1.54, 1.807) is 0 Å². The Morgan fingerprint density at radius 1 is 0.745 bits per heavy atom. The van der Waals surface area contributed by atoms with Crippen molar-refractivity contribution in [3.8, 4) is 11.1 Å². The van der Waals surface area contributed by atoms with Crippen LogP contribution in [0.4, 0.5) is 4.79 Å².